The number of piperidine rings is 1. The number of nitrogens with zero attached hydrogens (tertiary/aromatic N) is 3. The first kappa shape index (κ1) is 54.3. The average molecular weight is 1090 g/mol. The molecule has 53 heavy (non-hydrogen) atoms. The Kier molecular flexibility index (Phi) is 25.3. The molecule has 1 atom stereocenters. The van der Waals surface area contributed by atoms with Crippen molar-refractivity contribution in [3.63, 3.8) is 0 Å². The van der Waals surface area contributed by atoms with Crippen LogP contribution in [-0.4, -0.2) is 80.6 Å². The molecule has 0 bridgehead atoms. The minimum absolute atomic E-state index is 0. The van der Waals surface area contributed by atoms with Crippen LogP contribution in [0.15, 0.2) is 48.5 Å². The number of nitrogens with two attached hydrogens (primary N) is 4. The molecule has 14 nitrogen and oxygen atoms in total. The van der Waals surface area contributed by atoms with Crippen molar-refractivity contribution in [2.24, 2.45) is 29.3 Å². The number of alkyl halides is 5. The number of ketones is 2. The number of carbonyl (C=O) groups excluding carboxylic acids is 2. The number of Topliss-reactive ketones (excluding diaryl/α,β-unsaturated/α-hetero) is 2. The van der Waals surface area contributed by atoms with Crippen LogP contribution < -0.4 is 23.4 Å². The van der Waals surface area contributed by atoms with Crippen LogP contribution in [0.5, 0.6) is 0 Å². The van der Waals surface area contributed by atoms with E-state index in [1.165, 1.54) is 16.1 Å². The summed E-state index contributed by atoms with van der Waals surface area (Å²) in [4.78, 5) is 24.2. The number of H-pyrrole nitrogens is 1. The zero-order valence-corrected chi connectivity index (χ0v) is 37.8. The van der Waals surface area contributed by atoms with Gasteiger partial charge in [0, 0.05) is 80.0 Å². The summed E-state index contributed by atoms with van der Waals surface area (Å²) in [6.07, 6.45) is -1.70. The second-order valence-corrected chi connectivity index (χ2v) is 22.2. The van der Waals surface area contributed by atoms with E-state index in [1.807, 2.05) is 31.2 Å². The molecule has 299 valence electrons. The summed E-state index contributed by atoms with van der Waals surface area (Å²) < 4.78 is 87.0. The number of hydrogen-bond donors (Lipinski definition) is 6. The van der Waals surface area contributed by atoms with E-state index in [4.69, 9.17) is 0 Å². The summed E-state index contributed by atoms with van der Waals surface area (Å²) in [5.74, 6) is 13.7. The number of aromatic nitrogens is 2. The van der Waals surface area contributed by atoms with Gasteiger partial charge in [-0.25, -0.2) is 21.1 Å². The minimum atomic E-state index is -4.52. The van der Waals surface area contributed by atoms with Crippen LogP contribution in [0.25, 0.3) is 11.3 Å². The Morgan fingerprint density at radius 3 is 1.85 bits per heavy atom. The Labute approximate surface area is 359 Å². The van der Waals surface area contributed by atoms with Crippen molar-refractivity contribution in [3.05, 3.63) is 76.5 Å². The molecule has 2 aliphatic rings. The fourth-order valence-corrected chi connectivity index (χ4v) is 6.49. The third kappa shape index (κ3) is 17.5. The van der Waals surface area contributed by atoms with E-state index in [0.717, 1.165) is 57.3 Å². The number of fused-ring (bicyclic) bond motifs is 1. The summed E-state index contributed by atoms with van der Waals surface area (Å²) >= 11 is 8.33. The Morgan fingerprint density at radius 2 is 1.40 bits per heavy atom. The van der Waals surface area contributed by atoms with E-state index >= 15 is 0 Å². The SMILES string of the molecule is CS(=O)(=O)N1CCC(=O)C(C(=O)c2ccc(C(F)(F)F)cc2)C1.Cc1ccc(-c2n[nH]c3c2CN(S(C)(=O)=O)CC3)cc1.NN.NN.SC(I)I.[SH-].[V]. The maximum atomic E-state index is 12.5. The van der Waals surface area contributed by atoms with Gasteiger partial charge in [0.15, 0.2) is 5.78 Å². The number of sulfonamides is 2. The predicted molar refractivity (Wildman–Crippen MR) is 219 cm³/mol. The number of carbonyl (C=O) groups is 2. The van der Waals surface area contributed by atoms with E-state index in [1.54, 1.807) is 0 Å². The quantitative estimate of drug-likeness (QED) is 0.0316. The number of aryl methyl sites for hydroxylation is 1. The molecule has 24 heteroatoms. The van der Waals surface area contributed by atoms with Crippen molar-refractivity contribution in [3.8, 4) is 11.3 Å². The molecule has 3 aromatic rings. The zero-order valence-electron chi connectivity index (χ0n) is 28.7. The van der Waals surface area contributed by atoms with Crippen LogP contribution in [0.4, 0.5) is 13.2 Å². The first-order valence-electron chi connectivity index (χ1n) is 14.6. The van der Waals surface area contributed by atoms with Gasteiger partial charge in [0.2, 0.25) is 20.0 Å². The molecule has 1 radical (unpaired) electrons. The first-order chi connectivity index (χ1) is 23.7. The van der Waals surface area contributed by atoms with Crippen LogP contribution in [0.3, 0.4) is 0 Å². The standard InChI is InChI=1S/C14H14F3NO4S.C14H17N3O2S.CH2I2S.2H4N2.H2S.V/c1-23(21,22)18-7-6-12(19)11(8-18)13(20)9-2-4-10(5-3-9)14(15,16)17;1-10-3-5-11(6-4-10)14-12-9-17(20(2,18)19)8-7-13(12)15-16-14;2-1(3)4;2*1-2;;/h2-5,11H,6-8H2,1H3;3-6H,7-9H2,1-2H3,(H,15,16);1,4H;2*1-2H2;1H2;/p-1. The van der Waals surface area contributed by atoms with Crippen molar-refractivity contribution in [2.75, 3.05) is 32.1 Å². The Hall–Kier alpha value is -0.816. The molecular formula is C29H42F3I2N8O6S4V-. The van der Waals surface area contributed by atoms with E-state index in [9.17, 15) is 39.6 Å². The molecule has 0 aliphatic carbocycles. The van der Waals surface area contributed by atoms with Crippen molar-refractivity contribution < 1.29 is 58.2 Å². The molecule has 0 spiro atoms. The van der Waals surface area contributed by atoms with E-state index in [0.29, 0.717) is 20.8 Å². The van der Waals surface area contributed by atoms with Crippen molar-refractivity contribution in [1.29, 1.82) is 0 Å². The van der Waals surface area contributed by atoms with Crippen LogP contribution in [0.1, 0.15) is 39.2 Å². The molecule has 1 unspecified atom stereocenters. The molecule has 1 fully saturated rings. The summed E-state index contributed by atoms with van der Waals surface area (Å²) in [6.45, 7) is 2.68. The van der Waals surface area contributed by atoms with Gasteiger partial charge in [0.25, 0.3) is 0 Å². The molecule has 3 heterocycles. The largest absolute Gasteiger partial charge is 0.813 e. The molecule has 2 aliphatic heterocycles. The molecule has 0 saturated carbocycles. The van der Waals surface area contributed by atoms with Crippen molar-refractivity contribution in [1.82, 2.24) is 18.8 Å². The monoisotopic (exact) mass is 1090 g/mol. The topological polar surface area (TPSA) is 242 Å². The summed E-state index contributed by atoms with van der Waals surface area (Å²) in [6, 6.07) is 11.6. The molecule has 1 aromatic heterocycles. The Morgan fingerprint density at radius 1 is 0.925 bits per heavy atom. The number of benzene rings is 2. The molecular weight excluding hydrogens is 1050 g/mol. The van der Waals surface area contributed by atoms with Gasteiger partial charge < -0.3 is 13.5 Å². The van der Waals surface area contributed by atoms with Gasteiger partial charge in [0.1, 0.15) is 7.05 Å². The van der Waals surface area contributed by atoms with E-state index < -0.39 is 49.3 Å². The maximum absolute atomic E-state index is 12.5. The number of nitrogens with one attached hydrogen (secondary N) is 1. The van der Waals surface area contributed by atoms with Gasteiger partial charge in [-0.05, 0) is 19.1 Å². The van der Waals surface area contributed by atoms with E-state index in [-0.39, 0.29) is 57.1 Å². The third-order valence-corrected chi connectivity index (χ3v) is 9.88. The van der Waals surface area contributed by atoms with Gasteiger partial charge in [-0.15, -0.1) is 0 Å². The second-order valence-electron chi connectivity index (χ2n) is 10.8. The van der Waals surface area contributed by atoms with Crippen LogP contribution in [0, 0.1) is 12.8 Å². The first-order valence-corrected chi connectivity index (χ1v) is 21.3. The number of hydrazine groups is 2. The zero-order chi connectivity index (χ0) is 39.3. The molecule has 9 N–H and O–H groups in total. The minimum Gasteiger partial charge on any atom is -0.813 e. The number of aromatic amines is 1. The Balaban J connectivity index is 0. The third-order valence-electron chi connectivity index (χ3n) is 7.36. The number of hydrogen-bond acceptors (Lipinski definition) is 13. The van der Waals surface area contributed by atoms with Gasteiger partial charge >= 0.3 is 6.18 Å². The Bertz CT molecular complexity index is 1810. The molecule has 2 aromatic carbocycles. The molecule has 5 rings (SSSR count). The fourth-order valence-electron chi connectivity index (χ4n) is 4.86. The summed E-state index contributed by atoms with van der Waals surface area (Å²) in [5, 5.41) is 7.41. The van der Waals surface area contributed by atoms with Crippen molar-refractivity contribution in [2.45, 2.75) is 33.7 Å². The fraction of sp³-hybridized carbons (Fsp3) is 0.414. The van der Waals surface area contributed by atoms with Gasteiger partial charge in [-0.1, -0.05) is 87.1 Å². The maximum Gasteiger partial charge on any atom is 0.416 e. The van der Waals surface area contributed by atoms with Gasteiger partial charge in [0.05, 0.1) is 29.7 Å². The molecule has 0 amide bonds. The number of thiol groups is 2. The molecule has 1 saturated heterocycles. The predicted octanol–water partition coefficient (Wildman–Crippen LogP) is 2.88. The van der Waals surface area contributed by atoms with Crippen LogP contribution in [0.2, 0.25) is 0 Å². The smallest absolute Gasteiger partial charge is 0.416 e. The van der Waals surface area contributed by atoms with Gasteiger partial charge in [-0.2, -0.15) is 35.2 Å². The van der Waals surface area contributed by atoms with Crippen molar-refractivity contribution >= 4 is 103 Å². The average Bonchev–Trinajstić information content (AvgIpc) is 3.49. The summed E-state index contributed by atoms with van der Waals surface area (Å²) in [5.41, 5.74) is 4.15. The van der Waals surface area contributed by atoms with Crippen LogP contribution >= 0.6 is 57.8 Å². The second kappa shape index (κ2) is 24.7. The summed E-state index contributed by atoms with van der Waals surface area (Å²) in [7, 11) is -6.70. The van der Waals surface area contributed by atoms with Crippen LogP contribution in [-0.2, 0) is 76.0 Å². The van der Waals surface area contributed by atoms with Gasteiger partial charge in [-0.3, -0.25) is 38.1 Å². The normalized spacial score (nSPS) is 15.9. The number of rotatable bonds is 5. The number of halogens is 5. The van der Waals surface area contributed by atoms with E-state index in [2.05, 4.69) is 91.4 Å².